The maximum absolute atomic E-state index is 11.4. The van der Waals surface area contributed by atoms with Crippen LogP contribution in [0.3, 0.4) is 0 Å². The summed E-state index contributed by atoms with van der Waals surface area (Å²) in [6.45, 7) is 1.97. The normalized spacial score (nSPS) is 11.1. The Balaban J connectivity index is 3.01. The number of hydrogen-bond donors (Lipinski definition) is 0. The van der Waals surface area contributed by atoms with Crippen LogP contribution < -0.4 is 0 Å². The van der Waals surface area contributed by atoms with Crippen molar-refractivity contribution in [3.63, 3.8) is 0 Å². The third-order valence-corrected chi connectivity index (χ3v) is 3.08. The van der Waals surface area contributed by atoms with Crippen molar-refractivity contribution in [2.75, 3.05) is 12.9 Å². The third-order valence-electron chi connectivity index (χ3n) is 1.91. The number of sulfone groups is 1. The SMILES string of the molecule is CCOC(=O)Cc1ccncc1S(C)(=O)=O. The zero-order valence-electron chi connectivity index (χ0n) is 9.13. The monoisotopic (exact) mass is 243 g/mol. The van der Waals surface area contributed by atoms with E-state index in [9.17, 15) is 13.2 Å². The molecule has 0 aliphatic rings. The molecular formula is C10H13NO4S. The van der Waals surface area contributed by atoms with Crippen LogP contribution in [-0.4, -0.2) is 32.2 Å². The molecule has 1 rings (SSSR count). The van der Waals surface area contributed by atoms with Crippen LogP contribution in [0.2, 0.25) is 0 Å². The summed E-state index contributed by atoms with van der Waals surface area (Å²) in [5.41, 5.74) is 0.413. The maximum Gasteiger partial charge on any atom is 0.310 e. The Morgan fingerprint density at radius 1 is 1.50 bits per heavy atom. The van der Waals surface area contributed by atoms with E-state index < -0.39 is 15.8 Å². The van der Waals surface area contributed by atoms with Gasteiger partial charge in [-0.1, -0.05) is 0 Å². The number of ether oxygens (including phenoxy) is 1. The zero-order chi connectivity index (χ0) is 12.2. The first kappa shape index (κ1) is 12.6. The predicted molar refractivity (Wildman–Crippen MR) is 57.7 cm³/mol. The molecule has 0 amide bonds. The van der Waals surface area contributed by atoms with E-state index in [-0.39, 0.29) is 17.9 Å². The first-order valence-electron chi connectivity index (χ1n) is 4.73. The topological polar surface area (TPSA) is 73.3 Å². The second kappa shape index (κ2) is 5.07. The maximum atomic E-state index is 11.4. The molecule has 1 aromatic rings. The lowest BCUT2D eigenvalue weighted by Crippen LogP contribution is -2.11. The minimum atomic E-state index is -3.36. The molecule has 0 spiro atoms. The second-order valence-corrected chi connectivity index (χ2v) is 5.22. The van der Waals surface area contributed by atoms with Crippen LogP contribution >= 0.6 is 0 Å². The fourth-order valence-corrected chi connectivity index (χ4v) is 2.13. The highest BCUT2D eigenvalue weighted by Crippen LogP contribution is 2.14. The average molecular weight is 243 g/mol. The number of rotatable bonds is 4. The lowest BCUT2D eigenvalue weighted by atomic mass is 10.2. The number of carbonyl (C=O) groups excluding carboxylic acids is 1. The van der Waals surface area contributed by atoms with Gasteiger partial charge in [0.25, 0.3) is 0 Å². The molecule has 0 fully saturated rings. The summed E-state index contributed by atoms with van der Waals surface area (Å²) in [5.74, 6) is -0.446. The highest BCUT2D eigenvalue weighted by molar-refractivity contribution is 7.90. The van der Waals surface area contributed by atoms with Crippen molar-refractivity contribution in [3.05, 3.63) is 24.0 Å². The van der Waals surface area contributed by atoms with Crippen LogP contribution in [0.15, 0.2) is 23.4 Å². The standard InChI is InChI=1S/C10H13NO4S/c1-3-15-10(12)6-8-4-5-11-7-9(8)16(2,13)14/h4-5,7H,3,6H2,1-2H3. The summed E-state index contributed by atoms with van der Waals surface area (Å²) >= 11 is 0. The van der Waals surface area contributed by atoms with Gasteiger partial charge in [0, 0.05) is 18.6 Å². The molecular weight excluding hydrogens is 230 g/mol. The van der Waals surface area contributed by atoms with Crippen LogP contribution in [-0.2, 0) is 25.8 Å². The lowest BCUT2D eigenvalue weighted by molar-refractivity contribution is -0.142. The highest BCUT2D eigenvalue weighted by Gasteiger charge is 2.15. The molecule has 0 aromatic carbocycles. The van der Waals surface area contributed by atoms with Crippen molar-refractivity contribution in [2.24, 2.45) is 0 Å². The average Bonchev–Trinajstić information content (AvgIpc) is 2.17. The van der Waals surface area contributed by atoms with Crippen LogP contribution in [0.25, 0.3) is 0 Å². The molecule has 0 unspecified atom stereocenters. The fourth-order valence-electron chi connectivity index (χ4n) is 1.26. The molecule has 6 heteroatoms. The molecule has 0 aliphatic heterocycles. The molecule has 16 heavy (non-hydrogen) atoms. The molecule has 0 bridgehead atoms. The van der Waals surface area contributed by atoms with Gasteiger partial charge < -0.3 is 4.74 Å². The molecule has 0 radical (unpaired) electrons. The van der Waals surface area contributed by atoms with Gasteiger partial charge in [0.1, 0.15) is 0 Å². The van der Waals surface area contributed by atoms with Crippen LogP contribution in [0.1, 0.15) is 12.5 Å². The van der Waals surface area contributed by atoms with E-state index in [0.29, 0.717) is 5.56 Å². The highest BCUT2D eigenvalue weighted by atomic mass is 32.2. The van der Waals surface area contributed by atoms with Crippen LogP contribution in [0.4, 0.5) is 0 Å². The van der Waals surface area contributed by atoms with Crippen LogP contribution in [0.5, 0.6) is 0 Å². The first-order chi connectivity index (χ1) is 7.45. The molecule has 1 aromatic heterocycles. The predicted octanol–water partition coefficient (Wildman–Crippen LogP) is 0.591. The largest absolute Gasteiger partial charge is 0.466 e. The van der Waals surface area contributed by atoms with Gasteiger partial charge in [0.05, 0.1) is 17.9 Å². The van der Waals surface area contributed by atoms with Gasteiger partial charge in [0.2, 0.25) is 0 Å². The molecule has 5 nitrogen and oxygen atoms in total. The second-order valence-electron chi connectivity index (χ2n) is 3.24. The third kappa shape index (κ3) is 3.30. The van der Waals surface area contributed by atoms with E-state index in [1.165, 1.54) is 18.5 Å². The van der Waals surface area contributed by atoms with Crippen LogP contribution in [0, 0.1) is 0 Å². The number of carbonyl (C=O) groups is 1. The number of esters is 1. The van der Waals surface area contributed by atoms with Crippen molar-refractivity contribution in [1.29, 1.82) is 0 Å². The van der Waals surface area contributed by atoms with E-state index in [1.54, 1.807) is 6.92 Å². The Morgan fingerprint density at radius 2 is 2.19 bits per heavy atom. The minimum Gasteiger partial charge on any atom is -0.466 e. The van der Waals surface area contributed by atoms with E-state index in [1.807, 2.05) is 0 Å². The van der Waals surface area contributed by atoms with Gasteiger partial charge in [-0.05, 0) is 18.6 Å². The van der Waals surface area contributed by atoms with Gasteiger partial charge in [-0.3, -0.25) is 9.78 Å². The lowest BCUT2D eigenvalue weighted by Gasteiger charge is -2.06. The van der Waals surface area contributed by atoms with Crippen molar-refractivity contribution in [2.45, 2.75) is 18.2 Å². The Bertz CT molecular complexity index is 481. The summed E-state index contributed by atoms with van der Waals surface area (Å²) in [7, 11) is -3.36. The molecule has 0 atom stereocenters. The molecule has 88 valence electrons. The number of aromatic nitrogens is 1. The van der Waals surface area contributed by atoms with Crippen molar-refractivity contribution < 1.29 is 17.9 Å². The summed E-state index contributed by atoms with van der Waals surface area (Å²) in [4.78, 5) is 15.1. The molecule has 0 aliphatic carbocycles. The Hall–Kier alpha value is -1.43. The van der Waals surface area contributed by atoms with Gasteiger partial charge in [0.15, 0.2) is 9.84 Å². The fraction of sp³-hybridized carbons (Fsp3) is 0.400. The van der Waals surface area contributed by atoms with Gasteiger partial charge >= 0.3 is 5.97 Å². The summed E-state index contributed by atoms with van der Waals surface area (Å²) in [6, 6.07) is 1.51. The number of nitrogens with zero attached hydrogens (tertiary/aromatic N) is 1. The van der Waals surface area contributed by atoms with Gasteiger partial charge in [-0.15, -0.1) is 0 Å². The first-order valence-corrected chi connectivity index (χ1v) is 6.63. The van der Waals surface area contributed by atoms with E-state index in [2.05, 4.69) is 4.98 Å². The summed E-state index contributed by atoms with van der Waals surface area (Å²) < 4.78 is 27.6. The van der Waals surface area contributed by atoms with Gasteiger partial charge in [-0.25, -0.2) is 8.42 Å². The van der Waals surface area contributed by atoms with E-state index >= 15 is 0 Å². The van der Waals surface area contributed by atoms with E-state index in [4.69, 9.17) is 4.74 Å². The zero-order valence-corrected chi connectivity index (χ0v) is 9.95. The van der Waals surface area contributed by atoms with Crippen molar-refractivity contribution >= 4 is 15.8 Å². The number of pyridine rings is 1. The number of hydrogen-bond acceptors (Lipinski definition) is 5. The molecule has 1 heterocycles. The van der Waals surface area contributed by atoms with E-state index in [0.717, 1.165) is 6.26 Å². The van der Waals surface area contributed by atoms with Crippen molar-refractivity contribution in [3.8, 4) is 0 Å². The summed E-state index contributed by atoms with van der Waals surface area (Å²) in [5, 5.41) is 0. The smallest absolute Gasteiger partial charge is 0.310 e. The molecule has 0 N–H and O–H groups in total. The van der Waals surface area contributed by atoms with Crippen molar-refractivity contribution in [1.82, 2.24) is 4.98 Å². The minimum absolute atomic E-state index is 0.0568. The Morgan fingerprint density at radius 3 is 2.75 bits per heavy atom. The Labute approximate surface area is 94.4 Å². The van der Waals surface area contributed by atoms with Gasteiger partial charge in [-0.2, -0.15) is 0 Å². The summed E-state index contributed by atoms with van der Waals surface area (Å²) in [6.07, 6.45) is 3.71. The molecule has 0 saturated carbocycles. The molecule has 0 saturated heterocycles. The Kier molecular flexibility index (Phi) is 4.00. The quantitative estimate of drug-likeness (QED) is 0.724.